The van der Waals surface area contributed by atoms with Crippen molar-refractivity contribution in [3.63, 3.8) is 0 Å². The van der Waals surface area contributed by atoms with Gasteiger partial charge in [-0.1, -0.05) is 23.4 Å². The van der Waals surface area contributed by atoms with Crippen LogP contribution in [-0.4, -0.2) is 31.7 Å². The number of non-ortho nitro benzene ring substituents is 1. The average molecular weight is 384 g/mol. The van der Waals surface area contributed by atoms with Crippen LogP contribution in [0.4, 0.5) is 10.1 Å². The first-order valence-corrected chi connectivity index (χ1v) is 7.91. The molecular weight excluding hydrogens is 371 g/mol. The molecule has 0 bridgehead atoms. The van der Waals surface area contributed by atoms with Crippen LogP contribution in [0.5, 0.6) is 0 Å². The minimum atomic E-state index is -0.838. The lowest BCUT2D eigenvalue weighted by atomic mass is 10.2. The van der Waals surface area contributed by atoms with Crippen molar-refractivity contribution < 1.29 is 18.9 Å². The van der Waals surface area contributed by atoms with Crippen molar-refractivity contribution in [2.45, 2.75) is 6.92 Å². The van der Waals surface area contributed by atoms with Gasteiger partial charge < -0.3 is 0 Å². The summed E-state index contributed by atoms with van der Waals surface area (Å²) in [6, 6.07) is 10.9. The topological polar surface area (TPSA) is 132 Å². The fraction of sp³-hybridized carbons (Fsp3) is 0.0588. The van der Waals surface area contributed by atoms with E-state index in [1.807, 2.05) is 0 Å². The van der Waals surface area contributed by atoms with E-state index in [4.69, 9.17) is 0 Å². The van der Waals surface area contributed by atoms with Gasteiger partial charge in [0.15, 0.2) is 5.69 Å². The van der Waals surface area contributed by atoms with E-state index in [0.717, 1.165) is 6.07 Å². The molecule has 2 amide bonds. The summed E-state index contributed by atoms with van der Waals surface area (Å²) in [5.74, 6) is -2.35. The van der Waals surface area contributed by atoms with Crippen molar-refractivity contribution in [3.8, 4) is 5.69 Å². The normalized spacial score (nSPS) is 10.4. The Hall–Kier alpha value is -4.15. The number of benzene rings is 2. The molecule has 142 valence electrons. The number of nitro groups is 1. The van der Waals surface area contributed by atoms with Crippen molar-refractivity contribution in [3.05, 3.63) is 81.4 Å². The fourth-order valence-electron chi connectivity index (χ4n) is 2.41. The van der Waals surface area contributed by atoms with Crippen LogP contribution in [-0.2, 0) is 0 Å². The third-order valence-electron chi connectivity index (χ3n) is 3.80. The Morgan fingerprint density at radius 1 is 1.11 bits per heavy atom. The lowest BCUT2D eigenvalue weighted by molar-refractivity contribution is -0.384. The number of hydrogen-bond acceptors (Lipinski definition) is 6. The number of nitro benzene ring substituents is 1. The number of hydrogen-bond donors (Lipinski definition) is 2. The van der Waals surface area contributed by atoms with Crippen LogP contribution >= 0.6 is 0 Å². The Morgan fingerprint density at radius 3 is 2.54 bits per heavy atom. The zero-order chi connectivity index (χ0) is 20.3. The molecule has 3 rings (SSSR count). The number of carbonyl (C=O) groups is 2. The molecule has 0 radical (unpaired) electrons. The monoisotopic (exact) mass is 384 g/mol. The highest BCUT2D eigenvalue weighted by Gasteiger charge is 2.19. The summed E-state index contributed by atoms with van der Waals surface area (Å²) in [5.41, 5.74) is 4.37. The molecule has 11 heteroatoms. The van der Waals surface area contributed by atoms with Gasteiger partial charge in [-0.15, -0.1) is 5.10 Å². The molecule has 10 nitrogen and oxygen atoms in total. The third-order valence-corrected chi connectivity index (χ3v) is 3.80. The van der Waals surface area contributed by atoms with Gasteiger partial charge in [0, 0.05) is 12.1 Å². The SMILES string of the molecule is Cc1c(C(=O)NNC(=O)c2ccccc2F)nnn1-c1cccc([N+](=O)[O-])c1. The van der Waals surface area contributed by atoms with Gasteiger partial charge in [-0.25, -0.2) is 9.07 Å². The molecule has 0 atom stereocenters. The summed E-state index contributed by atoms with van der Waals surface area (Å²) in [7, 11) is 0. The molecule has 2 aromatic carbocycles. The van der Waals surface area contributed by atoms with Gasteiger partial charge in [0.2, 0.25) is 0 Å². The first-order chi connectivity index (χ1) is 13.4. The largest absolute Gasteiger partial charge is 0.292 e. The molecular formula is C17H13FN6O4. The van der Waals surface area contributed by atoms with Gasteiger partial charge in [0.1, 0.15) is 5.82 Å². The van der Waals surface area contributed by atoms with Gasteiger partial charge in [0.25, 0.3) is 17.5 Å². The standard InChI is InChI=1S/C17H13FN6O4/c1-10-15(17(26)21-20-16(25)13-7-2-3-8-14(13)18)19-22-23(10)11-5-4-6-12(9-11)24(27)28/h2-9H,1H3,(H,20,25)(H,21,26). The summed E-state index contributed by atoms with van der Waals surface area (Å²) in [6.07, 6.45) is 0. The number of amides is 2. The van der Waals surface area contributed by atoms with Crippen LogP contribution in [0.25, 0.3) is 5.69 Å². The van der Waals surface area contributed by atoms with E-state index >= 15 is 0 Å². The predicted molar refractivity (Wildman–Crippen MR) is 94.1 cm³/mol. The molecule has 28 heavy (non-hydrogen) atoms. The number of halogens is 1. The molecule has 1 aromatic heterocycles. The highest BCUT2D eigenvalue weighted by Crippen LogP contribution is 2.18. The van der Waals surface area contributed by atoms with Gasteiger partial charge in [-0.2, -0.15) is 0 Å². The minimum Gasteiger partial charge on any atom is -0.267 e. The van der Waals surface area contributed by atoms with Gasteiger partial charge in [0.05, 0.1) is 21.9 Å². The van der Waals surface area contributed by atoms with Crippen LogP contribution in [0, 0.1) is 22.9 Å². The fourth-order valence-corrected chi connectivity index (χ4v) is 2.41. The Morgan fingerprint density at radius 2 is 1.82 bits per heavy atom. The highest BCUT2D eigenvalue weighted by atomic mass is 19.1. The van der Waals surface area contributed by atoms with Crippen LogP contribution in [0.1, 0.15) is 26.5 Å². The highest BCUT2D eigenvalue weighted by molar-refractivity contribution is 5.98. The molecule has 0 saturated heterocycles. The maximum atomic E-state index is 13.6. The van der Waals surface area contributed by atoms with Crippen LogP contribution < -0.4 is 10.9 Å². The lowest BCUT2D eigenvalue weighted by Crippen LogP contribution is -2.42. The Bertz CT molecular complexity index is 1080. The van der Waals surface area contributed by atoms with Crippen LogP contribution in [0.2, 0.25) is 0 Å². The maximum Gasteiger partial charge on any atom is 0.292 e. The van der Waals surface area contributed by atoms with E-state index in [1.165, 1.54) is 48.0 Å². The first-order valence-electron chi connectivity index (χ1n) is 7.91. The minimum absolute atomic E-state index is 0.111. The van der Waals surface area contributed by atoms with Gasteiger partial charge in [-0.05, 0) is 25.1 Å². The summed E-state index contributed by atoms with van der Waals surface area (Å²) >= 11 is 0. The second-order valence-corrected chi connectivity index (χ2v) is 5.60. The lowest BCUT2D eigenvalue weighted by Gasteiger charge is -2.07. The molecule has 0 saturated carbocycles. The van der Waals surface area contributed by atoms with E-state index in [2.05, 4.69) is 21.2 Å². The van der Waals surface area contributed by atoms with Crippen molar-refractivity contribution in [1.29, 1.82) is 0 Å². The number of rotatable bonds is 4. The third kappa shape index (κ3) is 3.67. The van der Waals surface area contributed by atoms with E-state index in [0.29, 0.717) is 5.69 Å². The van der Waals surface area contributed by atoms with Crippen LogP contribution in [0.15, 0.2) is 48.5 Å². The molecule has 0 spiro atoms. The molecule has 0 fully saturated rings. The Balaban J connectivity index is 1.75. The van der Waals surface area contributed by atoms with E-state index < -0.39 is 22.6 Å². The molecule has 0 unspecified atom stereocenters. The molecule has 3 aromatic rings. The number of aromatic nitrogens is 3. The van der Waals surface area contributed by atoms with Gasteiger partial charge in [-0.3, -0.25) is 30.6 Å². The molecule has 0 aliphatic heterocycles. The summed E-state index contributed by atoms with van der Waals surface area (Å²) in [5, 5.41) is 18.5. The van der Waals surface area contributed by atoms with E-state index in [-0.39, 0.29) is 22.6 Å². The maximum absolute atomic E-state index is 13.6. The number of nitrogens with zero attached hydrogens (tertiary/aromatic N) is 4. The Labute approximate surface area is 157 Å². The van der Waals surface area contributed by atoms with E-state index in [9.17, 15) is 24.1 Å². The number of carbonyl (C=O) groups excluding carboxylic acids is 2. The quantitative estimate of drug-likeness (QED) is 0.520. The van der Waals surface area contributed by atoms with Crippen molar-refractivity contribution >= 4 is 17.5 Å². The zero-order valence-electron chi connectivity index (χ0n) is 14.4. The molecule has 0 aliphatic carbocycles. The predicted octanol–water partition coefficient (Wildman–Crippen LogP) is 1.70. The Kier molecular flexibility index (Phi) is 5.07. The second kappa shape index (κ2) is 7.61. The zero-order valence-corrected chi connectivity index (χ0v) is 14.4. The van der Waals surface area contributed by atoms with E-state index in [1.54, 1.807) is 6.07 Å². The smallest absolute Gasteiger partial charge is 0.267 e. The van der Waals surface area contributed by atoms with Crippen molar-refractivity contribution in [2.24, 2.45) is 0 Å². The average Bonchev–Trinajstić information content (AvgIpc) is 3.07. The second-order valence-electron chi connectivity index (χ2n) is 5.60. The first kappa shape index (κ1) is 18.6. The summed E-state index contributed by atoms with van der Waals surface area (Å²) in [4.78, 5) is 34.6. The van der Waals surface area contributed by atoms with Gasteiger partial charge >= 0.3 is 0 Å². The number of hydrazine groups is 1. The van der Waals surface area contributed by atoms with Crippen LogP contribution in [0.3, 0.4) is 0 Å². The van der Waals surface area contributed by atoms with Crippen molar-refractivity contribution in [2.75, 3.05) is 0 Å². The summed E-state index contributed by atoms with van der Waals surface area (Å²) in [6.45, 7) is 1.53. The summed E-state index contributed by atoms with van der Waals surface area (Å²) < 4.78 is 14.8. The molecule has 2 N–H and O–H groups in total. The number of nitrogens with one attached hydrogen (secondary N) is 2. The molecule has 0 aliphatic rings. The van der Waals surface area contributed by atoms with Crippen molar-refractivity contribution in [1.82, 2.24) is 25.8 Å². The molecule has 1 heterocycles.